The molecule has 47 heavy (non-hydrogen) atoms. The van der Waals surface area contributed by atoms with Gasteiger partial charge < -0.3 is 24.2 Å². The molecule has 0 saturated carbocycles. The maximum atomic E-state index is 13.5. The molecule has 10 nitrogen and oxygen atoms in total. The Morgan fingerprint density at radius 3 is 2.23 bits per heavy atom. The van der Waals surface area contributed by atoms with E-state index in [-0.39, 0.29) is 53.0 Å². The number of cyclic esters (lactones) is 1. The lowest BCUT2D eigenvalue weighted by molar-refractivity contribution is -0.155. The van der Waals surface area contributed by atoms with Gasteiger partial charge in [-0.3, -0.25) is 14.4 Å². The van der Waals surface area contributed by atoms with Crippen LogP contribution in [-0.2, 0) is 30.0 Å². The smallest absolute Gasteiger partial charge is 0.328 e. The molecule has 2 bridgehead atoms. The molecule has 0 fully saturated rings. The predicted octanol–water partition coefficient (Wildman–Crippen LogP) is 5.62. The number of oxazole rings is 1. The second-order valence-corrected chi connectivity index (χ2v) is 25.2. The maximum absolute atomic E-state index is 13.5. The van der Waals surface area contributed by atoms with E-state index in [1.165, 1.54) is 6.08 Å². The number of rotatable bonds is 4. The normalized spacial score (nSPS) is 26.1. The third-order valence-corrected chi connectivity index (χ3v) is 14.7. The lowest BCUT2D eigenvalue weighted by Gasteiger charge is -2.38. The number of carbonyl (C=O) groups is 4. The zero-order chi connectivity index (χ0) is 35.9. The zero-order valence-corrected chi connectivity index (χ0v) is 32.7. The summed E-state index contributed by atoms with van der Waals surface area (Å²) in [5.74, 6) is -1.73. The molecular formula is C35H57N3O7Si2. The van der Waals surface area contributed by atoms with Crippen LogP contribution in [-0.4, -0.2) is 69.7 Å². The number of amides is 2. The molecule has 2 heterocycles. The number of hydrogen-bond donors (Lipinski definition) is 2. The first-order chi connectivity index (χ1) is 21.5. The van der Waals surface area contributed by atoms with Crippen LogP contribution in [0, 0.1) is 11.8 Å². The highest BCUT2D eigenvalue weighted by atomic mass is 28.4. The SMILES string of the molecule is CC1=C\C(O[Si](C)(C)C(C)(C)C)CC(=O)Cc2nc(c([Si](C)(C)C)o2)C(=O)N[C@H](C)C(=O)O[C@H](C(C)C)[C@H](C)/C=C/C(=O)NC\C=C\1. The average Bonchev–Trinajstić information content (AvgIpc) is 3.35. The number of ether oxygens (including phenoxy) is 1. The van der Waals surface area contributed by atoms with Crippen molar-refractivity contribution in [2.45, 2.75) is 124 Å². The number of fused-ring (bicyclic) bond motifs is 2. The van der Waals surface area contributed by atoms with Gasteiger partial charge in [-0.05, 0) is 44.0 Å². The van der Waals surface area contributed by atoms with Crippen molar-refractivity contribution in [2.24, 2.45) is 11.8 Å². The molecule has 1 unspecified atom stereocenters. The van der Waals surface area contributed by atoms with Crippen LogP contribution in [0.3, 0.4) is 0 Å². The van der Waals surface area contributed by atoms with Crippen LogP contribution in [0.5, 0.6) is 0 Å². The average molecular weight is 688 g/mol. The predicted molar refractivity (Wildman–Crippen MR) is 191 cm³/mol. The van der Waals surface area contributed by atoms with E-state index in [1.54, 1.807) is 13.0 Å². The largest absolute Gasteiger partial charge is 0.460 e. The molecule has 0 radical (unpaired) electrons. The third-order valence-electron chi connectivity index (χ3n) is 8.50. The topological polar surface area (TPSA) is 137 Å². The first-order valence-corrected chi connectivity index (χ1v) is 22.9. The minimum absolute atomic E-state index is 0.0460. The van der Waals surface area contributed by atoms with Gasteiger partial charge in [-0.1, -0.05) is 91.1 Å². The molecule has 0 aliphatic carbocycles. The van der Waals surface area contributed by atoms with Crippen molar-refractivity contribution in [1.29, 1.82) is 0 Å². The fourth-order valence-corrected chi connectivity index (χ4v) is 7.39. The second kappa shape index (κ2) is 16.3. The summed E-state index contributed by atoms with van der Waals surface area (Å²) in [6.45, 7) is 26.3. The van der Waals surface area contributed by atoms with Crippen molar-refractivity contribution in [2.75, 3.05) is 6.54 Å². The Bertz CT molecular complexity index is 1380. The molecule has 262 valence electrons. The van der Waals surface area contributed by atoms with Crippen molar-refractivity contribution in [3.8, 4) is 0 Å². The molecule has 2 rings (SSSR count). The molecule has 2 amide bonds. The first-order valence-electron chi connectivity index (χ1n) is 16.5. The number of nitrogens with zero attached hydrogens (tertiary/aromatic N) is 1. The van der Waals surface area contributed by atoms with Crippen LogP contribution >= 0.6 is 0 Å². The Hall–Kier alpha value is -3.10. The van der Waals surface area contributed by atoms with E-state index < -0.39 is 46.5 Å². The Morgan fingerprint density at radius 2 is 1.66 bits per heavy atom. The summed E-state index contributed by atoms with van der Waals surface area (Å²) in [6, 6.07) is -0.976. The fraction of sp³-hybridized carbons (Fsp3) is 0.629. The van der Waals surface area contributed by atoms with Crippen LogP contribution < -0.4 is 16.0 Å². The second-order valence-electron chi connectivity index (χ2n) is 15.5. The number of aromatic nitrogens is 1. The summed E-state index contributed by atoms with van der Waals surface area (Å²) in [7, 11) is -4.48. The van der Waals surface area contributed by atoms with Crippen molar-refractivity contribution >= 4 is 45.3 Å². The zero-order valence-electron chi connectivity index (χ0n) is 30.7. The van der Waals surface area contributed by atoms with E-state index in [0.29, 0.717) is 11.9 Å². The van der Waals surface area contributed by atoms with Crippen molar-refractivity contribution in [3.05, 3.63) is 47.5 Å². The van der Waals surface area contributed by atoms with Crippen molar-refractivity contribution < 1.29 is 32.8 Å². The Labute approximate surface area is 283 Å². The van der Waals surface area contributed by atoms with Gasteiger partial charge in [0.25, 0.3) is 5.91 Å². The summed E-state index contributed by atoms with van der Waals surface area (Å²) >= 11 is 0. The van der Waals surface area contributed by atoms with E-state index in [2.05, 4.69) is 49.5 Å². The van der Waals surface area contributed by atoms with Crippen LogP contribution in [0.15, 0.2) is 40.4 Å². The number of hydrogen-bond acceptors (Lipinski definition) is 8. The molecule has 0 aromatic carbocycles. The van der Waals surface area contributed by atoms with E-state index >= 15 is 0 Å². The van der Waals surface area contributed by atoms with E-state index in [1.807, 2.05) is 65.6 Å². The molecular weight excluding hydrogens is 631 g/mol. The van der Waals surface area contributed by atoms with E-state index in [4.69, 9.17) is 13.6 Å². The Morgan fingerprint density at radius 1 is 1.02 bits per heavy atom. The molecule has 4 atom stereocenters. The summed E-state index contributed by atoms with van der Waals surface area (Å²) in [5.41, 5.74) is 0.979. The quantitative estimate of drug-likeness (QED) is 0.308. The Balaban J connectivity index is 2.54. The number of esters is 1. The lowest BCUT2D eigenvalue weighted by Crippen LogP contribution is -2.46. The monoisotopic (exact) mass is 687 g/mol. The summed E-state index contributed by atoms with van der Waals surface area (Å²) in [6.07, 6.45) is 7.84. The van der Waals surface area contributed by atoms with E-state index in [0.717, 1.165) is 5.57 Å². The molecule has 2 N–H and O–H groups in total. The maximum Gasteiger partial charge on any atom is 0.328 e. The van der Waals surface area contributed by atoms with Gasteiger partial charge in [-0.2, -0.15) is 0 Å². The number of ketones is 1. The molecule has 0 spiro atoms. The van der Waals surface area contributed by atoms with Crippen molar-refractivity contribution in [1.82, 2.24) is 15.6 Å². The van der Waals surface area contributed by atoms with Crippen LogP contribution in [0.25, 0.3) is 0 Å². The molecule has 1 aromatic rings. The van der Waals surface area contributed by atoms with Gasteiger partial charge in [0.1, 0.15) is 31.4 Å². The number of nitrogens with one attached hydrogen (secondary N) is 2. The molecule has 12 heteroatoms. The number of Topliss-reactive ketones (excluding diaryl/α,β-unsaturated/α-hetero) is 1. The van der Waals surface area contributed by atoms with Crippen LogP contribution in [0.4, 0.5) is 0 Å². The first kappa shape index (κ1) is 40.1. The minimum atomic E-state index is -2.25. The lowest BCUT2D eigenvalue weighted by atomic mass is 9.94. The van der Waals surface area contributed by atoms with Crippen LogP contribution in [0.2, 0.25) is 37.8 Å². The Kier molecular flexibility index (Phi) is 13.9. The number of carbonyl (C=O) groups excluding carboxylic acids is 4. The van der Waals surface area contributed by atoms with Gasteiger partial charge in [0, 0.05) is 18.9 Å². The van der Waals surface area contributed by atoms with Gasteiger partial charge >= 0.3 is 5.97 Å². The summed E-state index contributed by atoms with van der Waals surface area (Å²) in [4.78, 5) is 57.1. The molecule has 1 aliphatic heterocycles. The number of allylic oxidation sites excluding steroid dienone is 2. The molecule has 1 aliphatic rings. The fourth-order valence-electron chi connectivity index (χ4n) is 4.83. The highest BCUT2D eigenvalue weighted by molar-refractivity contribution is 6.88. The highest BCUT2D eigenvalue weighted by Crippen LogP contribution is 2.38. The standard InChI is InChI=1S/C35H57N3O7Si2/c1-22(2)31-24(4)16-17-28(40)36-18-14-15-23(3)19-27(45-47(12,13)35(6,7)8)20-26(39)21-29-38-30(34(43-29)46(9,10)11)32(41)37-25(5)33(42)44-31/h14-17,19,22,24-25,27,31H,18,20-21H2,1-13H3,(H,36,40)(H,37,41)/b15-14+,17-16+,23-19+/t24-,25-,27?,31-/m1/s1. The highest BCUT2D eigenvalue weighted by Gasteiger charge is 2.39. The van der Waals surface area contributed by atoms with Gasteiger partial charge in [0.05, 0.1) is 12.5 Å². The van der Waals surface area contributed by atoms with Gasteiger partial charge in [0.2, 0.25) is 11.8 Å². The third kappa shape index (κ3) is 12.1. The van der Waals surface area contributed by atoms with Gasteiger partial charge in [-0.25, -0.2) is 9.78 Å². The van der Waals surface area contributed by atoms with E-state index in [9.17, 15) is 19.2 Å². The van der Waals surface area contributed by atoms with Crippen LogP contribution in [0.1, 0.15) is 78.2 Å². The van der Waals surface area contributed by atoms with Gasteiger partial charge in [0.15, 0.2) is 14.0 Å². The van der Waals surface area contributed by atoms with Gasteiger partial charge in [-0.15, -0.1) is 0 Å². The molecule has 1 aromatic heterocycles. The van der Waals surface area contributed by atoms with Crippen molar-refractivity contribution in [3.63, 3.8) is 0 Å². The summed E-state index contributed by atoms with van der Waals surface area (Å²) < 4.78 is 18.6. The summed E-state index contributed by atoms with van der Waals surface area (Å²) in [5, 5.41) is 5.94. The minimum Gasteiger partial charge on any atom is -0.460 e. The molecule has 0 saturated heterocycles.